The highest BCUT2D eigenvalue weighted by molar-refractivity contribution is 4.66. The highest BCUT2D eigenvalue weighted by Gasteiger charge is 2.20. The molecule has 0 aromatic rings. The molecule has 6 heteroatoms. The fraction of sp³-hybridized carbons (Fsp3) is 1.00. The van der Waals surface area contributed by atoms with Gasteiger partial charge in [0.25, 0.3) is 0 Å². The molecule has 0 aliphatic carbocycles. The van der Waals surface area contributed by atoms with Crippen LogP contribution in [0.5, 0.6) is 0 Å². The van der Waals surface area contributed by atoms with Gasteiger partial charge in [-0.25, -0.2) is 0 Å². The second kappa shape index (κ2) is 6.30. The number of aliphatic hydroxyl groups is 5. The fourth-order valence-corrected chi connectivity index (χ4v) is 0.618. The highest BCUT2D eigenvalue weighted by Crippen LogP contribution is 2.01. The Balaban J connectivity index is 3.81. The summed E-state index contributed by atoms with van der Waals surface area (Å²) in [6, 6.07) is 0. The van der Waals surface area contributed by atoms with E-state index in [1.54, 1.807) is 0 Å². The lowest BCUT2D eigenvalue weighted by Crippen LogP contribution is -2.39. The Morgan fingerprint density at radius 1 is 0.917 bits per heavy atom. The molecule has 0 rings (SSSR count). The first-order valence-electron chi connectivity index (χ1n) is 3.49. The Labute approximate surface area is 69.6 Å². The molecular formula is C6H14O6. The third-order valence-corrected chi connectivity index (χ3v) is 1.28. The summed E-state index contributed by atoms with van der Waals surface area (Å²) in [5, 5.41) is 43.0. The molecule has 74 valence electrons. The van der Waals surface area contributed by atoms with E-state index in [4.69, 9.17) is 25.5 Å². The van der Waals surface area contributed by atoms with E-state index in [-0.39, 0.29) is 0 Å². The summed E-state index contributed by atoms with van der Waals surface area (Å²) >= 11 is 0. The summed E-state index contributed by atoms with van der Waals surface area (Å²) in [4.78, 5) is 0. The molecule has 0 spiro atoms. The van der Waals surface area contributed by atoms with E-state index in [0.29, 0.717) is 0 Å². The van der Waals surface area contributed by atoms with Gasteiger partial charge in [0.2, 0.25) is 0 Å². The van der Waals surface area contributed by atoms with E-state index in [9.17, 15) is 0 Å². The van der Waals surface area contributed by atoms with Crippen molar-refractivity contribution in [3.05, 3.63) is 0 Å². The zero-order chi connectivity index (χ0) is 9.56. The smallest absolute Gasteiger partial charge is 0.178 e. The van der Waals surface area contributed by atoms with E-state index in [2.05, 4.69) is 4.74 Å². The number of hydrogen-bond acceptors (Lipinski definition) is 6. The zero-order valence-corrected chi connectivity index (χ0v) is 6.50. The van der Waals surface area contributed by atoms with Crippen LogP contribution in [0.1, 0.15) is 0 Å². The second-order valence-corrected chi connectivity index (χ2v) is 2.24. The Morgan fingerprint density at radius 3 is 1.83 bits per heavy atom. The molecule has 0 heterocycles. The number of ether oxygens (including phenoxy) is 1. The molecule has 0 aliphatic rings. The van der Waals surface area contributed by atoms with Gasteiger partial charge in [-0.15, -0.1) is 0 Å². The van der Waals surface area contributed by atoms with E-state index >= 15 is 0 Å². The van der Waals surface area contributed by atoms with Crippen molar-refractivity contribution in [3.8, 4) is 0 Å². The van der Waals surface area contributed by atoms with Crippen molar-refractivity contribution in [3.63, 3.8) is 0 Å². The Kier molecular flexibility index (Phi) is 6.17. The van der Waals surface area contributed by atoms with Gasteiger partial charge in [0.05, 0.1) is 19.8 Å². The molecule has 0 radical (unpaired) electrons. The van der Waals surface area contributed by atoms with Crippen LogP contribution in [0, 0.1) is 0 Å². The third-order valence-electron chi connectivity index (χ3n) is 1.28. The minimum atomic E-state index is -1.46. The van der Waals surface area contributed by atoms with Crippen LogP contribution in [-0.2, 0) is 4.74 Å². The standard InChI is InChI=1S/C6H14O6/c7-1-4(10)5(2-8)12-6(11)3-9/h4-11H,1-3H2. The zero-order valence-electron chi connectivity index (χ0n) is 6.50. The van der Waals surface area contributed by atoms with Gasteiger partial charge in [-0.1, -0.05) is 0 Å². The maximum Gasteiger partial charge on any atom is 0.178 e. The fourth-order valence-electron chi connectivity index (χ4n) is 0.618. The van der Waals surface area contributed by atoms with Gasteiger partial charge < -0.3 is 30.3 Å². The van der Waals surface area contributed by atoms with Gasteiger partial charge in [-0.05, 0) is 0 Å². The van der Waals surface area contributed by atoms with Crippen molar-refractivity contribution >= 4 is 0 Å². The molecule has 5 N–H and O–H groups in total. The maximum atomic E-state index is 8.93. The summed E-state index contributed by atoms with van der Waals surface area (Å²) in [6.45, 7) is -1.75. The Bertz CT molecular complexity index is 108. The first-order valence-corrected chi connectivity index (χ1v) is 3.49. The van der Waals surface area contributed by atoms with Crippen molar-refractivity contribution in [1.82, 2.24) is 0 Å². The molecule has 0 bridgehead atoms. The molecule has 12 heavy (non-hydrogen) atoms. The normalized spacial score (nSPS) is 18.8. The lowest BCUT2D eigenvalue weighted by Gasteiger charge is -2.21. The lowest BCUT2D eigenvalue weighted by atomic mass is 10.2. The monoisotopic (exact) mass is 182 g/mol. The van der Waals surface area contributed by atoms with E-state index in [1.807, 2.05) is 0 Å². The van der Waals surface area contributed by atoms with Crippen molar-refractivity contribution in [2.45, 2.75) is 18.5 Å². The van der Waals surface area contributed by atoms with E-state index in [0.717, 1.165) is 0 Å². The van der Waals surface area contributed by atoms with Crippen LogP contribution in [0.3, 0.4) is 0 Å². The van der Waals surface area contributed by atoms with Gasteiger partial charge in [0.1, 0.15) is 12.2 Å². The topological polar surface area (TPSA) is 110 Å². The third kappa shape index (κ3) is 3.96. The minimum Gasteiger partial charge on any atom is -0.394 e. The molecule has 0 aliphatic heterocycles. The minimum absolute atomic E-state index is 0.543. The number of aliphatic hydroxyl groups excluding tert-OH is 5. The lowest BCUT2D eigenvalue weighted by molar-refractivity contribution is -0.193. The SMILES string of the molecule is OCC(O)OC(CO)C(O)CO. The van der Waals surface area contributed by atoms with Crippen LogP contribution in [0.15, 0.2) is 0 Å². The highest BCUT2D eigenvalue weighted by atomic mass is 16.6. The summed E-state index contributed by atoms with van der Waals surface area (Å²) in [5.74, 6) is 0. The molecule has 0 aromatic carbocycles. The van der Waals surface area contributed by atoms with Gasteiger partial charge in [0.15, 0.2) is 6.29 Å². The predicted molar refractivity (Wildman–Crippen MR) is 38.1 cm³/mol. The van der Waals surface area contributed by atoms with Crippen LogP contribution in [-0.4, -0.2) is 63.9 Å². The summed E-state index contributed by atoms with van der Waals surface area (Å²) in [5.41, 5.74) is 0. The second-order valence-electron chi connectivity index (χ2n) is 2.24. The van der Waals surface area contributed by atoms with Crippen LogP contribution in [0.2, 0.25) is 0 Å². The van der Waals surface area contributed by atoms with Gasteiger partial charge >= 0.3 is 0 Å². The van der Waals surface area contributed by atoms with Crippen LogP contribution in [0.4, 0.5) is 0 Å². The van der Waals surface area contributed by atoms with Gasteiger partial charge in [-0.2, -0.15) is 0 Å². The molecule has 0 aromatic heterocycles. The van der Waals surface area contributed by atoms with Crippen molar-refractivity contribution in [2.24, 2.45) is 0 Å². The molecule has 3 unspecified atom stereocenters. The van der Waals surface area contributed by atoms with Crippen LogP contribution >= 0.6 is 0 Å². The predicted octanol–water partition coefficient (Wildman–Crippen LogP) is -2.97. The van der Waals surface area contributed by atoms with Crippen LogP contribution in [0.25, 0.3) is 0 Å². The average molecular weight is 182 g/mol. The molecular weight excluding hydrogens is 168 g/mol. The Morgan fingerprint density at radius 2 is 1.50 bits per heavy atom. The van der Waals surface area contributed by atoms with Gasteiger partial charge in [0, 0.05) is 0 Å². The number of hydrogen-bond donors (Lipinski definition) is 5. The van der Waals surface area contributed by atoms with Crippen LogP contribution < -0.4 is 0 Å². The molecule has 0 saturated carbocycles. The maximum absolute atomic E-state index is 8.93. The molecule has 0 amide bonds. The van der Waals surface area contributed by atoms with E-state index < -0.39 is 38.3 Å². The largest absolute Gasteiger partial charge is 0.394 e. The summed E-state index contributed by atoms with van der Waals surface area (Å²) in [6.07, 6.45) is -3.81. The van der Waals surface area contributed by atoms with Crippen molar-refractivity contribution in [1.29, 1.82) is 0 Å². The molecule has 0 fully saturated rings. The quantitative estimate of drug-likeness (QED) is 0.280. The molecule has 6 nitrogen and oxygen atoms in total. The molecule has 0 saturated heterocycles. The van der Waals surface area contributed by atoms with Crippen molar-refractivity contribution < 1.29 is 30.3 Å². The van der Waals surface area contributed by atoms with Crippen molar-refractivity contribution in [2.75, 3.05) is 19.8 Å². The first-order chi connectivity index (χ1) is 5.65. The van der Waals surface area contributed by atoms with E-state index in [1.165, 1.54) is 0 Å². The number of rotatable bonds is 6. The average Bonchev–Trinajstić information content (AvgIpc) is 2.12. The Hall–Kier alpha value is -0.240. The van der Waals surface area contributed by atoms with Gasteiger partial charge in [-0.3, -0.25) is 0 Å². The summed E-state index contributed by atoms with van der Waals surface area (Å²) < 4.78 is 4.55. The molecule has 3 atom stereocenters. The first kappa shape index (κ1) is 11.8. The summed E-state index contributed by atoms with van der Waals surface area (Å²) in [7, 11) is 0.